The first-order valence-electron chi connectivity index (χ1n) is 9.14. The Morgan fingerprint density at radius 3 is 2.22 bits per heavy atom. The van der Waals surface area contributed by atoms with Gasteiger partial charge in [0.15, 0.2) is 0 Å². The van der Waals surface area contributed by atoms with E-state index in [1.165, 1.54) is 0 Å². The standard InChI is InChI=1S/C22H28N2O3/c1-5-17(4)27-21-12-6-18(7-13-21)23-14-22(25)24-19-8-10-20(11-9-19)26-15-16(2)3/h6-13,17,23H,2,5,14-15H2,1,3-4H3,(H,24,25). The molecule has 0 saturated heterocycles. The highest BCUT2D eigenvalue weighted by Crippen LogP contribution is 2.18. The molecule has 2 aromatic carbocycles. The second-order valence-electron chi connectivity index (χ2n) is 6.53. The quantitative estimate of drug-likeness (QED) is 0.588. The summed E-state index contributed by atoms with van der Waals surface area (Å²) in [7, 11) is 0. The largest absolute Gasteiger partial charge is 0.491 e. The van der Waals surface area contributed by atoms with E-state index in [4.69, 9.17) is 9.47 Å². The molecule has 2 aromatic rings. The maximum Gasteiger partial charge on any atom is 0.243 e. The van der Waals surface area contributed by atoms with Gasteiger partial charge in [0.2, 0.25) is 5.91 Å². The molecule has 5 nitrogen and oxygen atoms in total. The van der Waals surface area contributed by atoms with E-state index in [0.29, 0.717) is 6.61 Å². The van der Waals surface area contributed by atoms with E-state index < -0.39 is 0 Å². The molecule has 0 saturated carbocycles. The van der Waals surface area contributed by atoms with Gasteiger partial charge in [0, 0.05) is 11.4 Å². The third-order valence-electron chi connectivity index (χ3n) is 3.84. The molecule has 0 aromatic heterocycles. The van der Waals surface area contributed by atoms with Gasteiger partial charge >= 0.3 is 0 Å². The van der Waals surface area contributed by atoms with Crippen molar-refractivity contribution in [3.8, 4) is 11.5 Å². The fourth-order valence-electron chi connectivity index (χ4n) is 2.20. The Morgan fingerprint density at radius 1 is 1.04 bits per heavy atom. The molecule has 0 fully saturated rings. The van der Waals surface area contributed by atoms with E-state index in [2.05, 4.69) is 24.1 Å². The smallest absolute Gasteiger partial charge is 0.243 e. The minimum atomic E-state index is -0.120. The van der Waals surface area contributed by atoms with Crippen molar-refractivity contribution in [1.82, 2.24) is 0 Å². The highest BCUT2D eigenvalue weighted by atomic mass is 16.5. The lowest BCUT2D eigenvalue weighted by Crippen LogP contribution is -2.21. The number of rotatable bonds is 10. The Morgan fingerprint density at radius 2 is 1.63 bits per heavy atom. The van der Waals surface area contributed by atoms with Gasteiger partial charge in [-0.25, -0.2) is 0 Å². The fraction of sp³-hybridized carbons (Fsp3) is 0.318. The van der Waals surface area contributed by atoms with E-state index >= 15 is 0 Å². The second-order valence-corrected chi connectivity index (χ2v) is 6.53. The van der Waals surface area contributed by atoms with Crippen molar-refractivity contribution in [1.29, 1.82) is 0 Å². The van der Waals surface area contributed by atoms with Crippen LogP contribution in [-0.2, 0) is 4.79 Å². The molecule has 0 aliphatic rings. The lowest BCUT2D eigenvalue weighted by Gasteiger charge is -2.13. The van der Waals surface area contributed by atoms with Gasteiger partial charge < -0.3 is 20.1 Å². The summed E-state index contributed by atoms with van der Waals surface area (Å²) >= 11 is 0. The summed E-state index contributed by atoms with van der Waals surface area (Å²) in [6, 6.07) is 14.9. The molecule has 0 aliphatic carbocycles. The molecule has 0 aliphatic heterocycles. The number of ether oxygens (including phenoxy) is 2. The third kappa shape index (κ3) is 7.44. The molecule has 27 heavy (non-hydrogen) atoms. The number of nitrogens with one attached hydrogen (secondary N) is 2. The number of hydrogen-bond donors (Lipinski definition) is 2. The van der Waals surface area contributed by atoms with Crippen LogP contribution in [0.1, 0.15) is 27.2 Å². The maximum absolute atomic E-state index is 12.1. The summed E-state index contributed by atoms with van der Waals surface area (Å²) in [6.45, 7) is 10.5. The minimum absolute atomic E-state index is 0.120. The van der Waals surface area contributed by atoms with Crippen LogP contribution in [0, 0.1) is 0 Å². The van der Waals surface area contributed by atoms with Crippen molar-refractivity contribution >= 4 is 17.3 Å². The van der Waals surface area contributed by atoms with Gasteiger partial charge in [-0.3, -0.25) is 4.79 Å². The van der Waals surface area contributed by atoms with E-state index in [9.17, 15) is 4.79 Å². The Bertz CT molecular complexity index is 739. The monoisotopic (exact) mass is 368 g/mol. The number of anilines is 2. The zero-order valence-electron chi connectivity index (χ0n) is 16.2. The Hall–Kier alpha value is -2.95. The predicted octanol–water partition coefficient (Wildman–Crippen LogP) is 4.87. The van der Waals surface area contributed by atoms with Gasteiger partial charge in [-0.2, -0.15) is 0 Å². The Kier molecular flexibility index (Phi) is 7.74. The van der Waals surface area contributed by atoms with Crippen molar-refractivity contribution in [3.63, 3.8) is 0 Å². The zero-order chi connectivity index (χ0) is 19.6. The minimum Gasteiger partial charge on any atom is -0.491 e. The van der Waals surface area contributed by atoms with Crippen LogP contribution >= 0.6 is 0 Å². The molecule has 1 atom stereocenters. The van der Waals surface area contributed by atoms with Crippen LogP contribution in [-0.4, -0.2) is 25.2 Å². The number of carbonyl (C=O) groups is 1. The van der Waals surface area contributed by atoms with Crippen molar-refractivity contribution in [2.75, 3.05) is 23.8 Å². The first kappa shape index (κ1) is 20.4. The molecule has 2 N–H and O–H groups in total. The number of amides is 1. The van der Waals surface area contributed by atoms with Crippen molar-refractivity contribution < 1.29 is 14.3 Å². The molecule has 144 valence electrons. The topological polar surface area (TPSA) is 59.6 Å². The van der Waals surface area contributed by atoms with E-state index in [0.717, 1.165) is 34.9 Å². The molecule has 1 amide bonds. The summed E-state index contributed by atoms with van der Waals surface area (Å²) in [5.74, 6) is 1.45. The molecule has 5 heteroatoms. The summed E-state index contributed by atoms with van der Waals surface area (Å²) in [5.41, 5.74) is 2.55. The number of carbonyl (C=O) groups excluding carboxylic acids is 1. The van der Waals surface area contributed by atoms with Crippen LogP contribution in [0.25, 0.3) is 0 Å². The van der Waals surface area contributed by atoms with Crippen LogP contribution in [0.2, 0.25) is 0 Å². The molecular weight excluding hydrogens is 340 g/mol. The van der Waals surface area contributed by atoms with E-state index in [-0.39, 0.29) is 18.6 Å². The summed E-state index contributed by atoms with van der Waals surface area (Å²) in [5, 5.41) is 5.95. The van der Waals surface area contributed by atoms with Gasteiger partial charge in [-0.15, -0.1) is 0 Å². The Labute approximate surface area is 161 Å². The van der Waals surface area contributed by atoms with Crippen LogP contribution < -0.4 is 20.1 Å². The van der Waals surface area contributed by atoms with Crippen LogP contribution in [0.3, 0.4) is 0 Å². The molecule has 2 rings (SSSR count). The predicted molar refractivity (Wildman–Crippen MR) is 111 cm³/mol. The Balaban J connectivity index is 1.77. The van der Waals surface area contributed by atoms with Crippen LogP contribution in [0.4, 0.5) is 11.4 Å². The van der Waals surface area contributed by atoms with Crippen LogP contribution in [0.5, 0.6) is 11.5 Å². The van der Waals surface area contributed by atoms with Crippen molar-refractivity contribution in [2.24, 2.45) is 0 Å². The third-order valence-corrected chi connectivity index (χ3v) is 3.84. The maximum atomic E-state index is 12.1. The highest BCUT2D eigenvalue weighted by molar-refractivity contribution is 5.93. The van der Waals surface area contributed by atoms with Gasteiger partial charge in [0.05, 0.1) is 12.6 Å². The average Bonchev–Trinajstić information content (AvgIpc) is 2.66. The molecule has 0 spiro atoms. The fourth-order valence-corrected chi connectivity index (χ4v) is 2.20. The van der Waals surface area contributed by atoms with Gasteiger partial charge in [-0.1, -0.05) is 13.5 Å². The molecule has 1 unspecified atom stereocenters. The lowest BCUT2D eigenvalue weighted by atomic mass is 10.2. The molecule has 0 heterocycles. The van der Waals surface area contributed by atoms with E-state index in [1.54, 1.807) is 0 Å². The van der Waals surface area contributed by atoms with Crippen LogP contribution in [0.15, 0.2) is 60.7 Å². The van der Waals surface area contributed by atoms with Gasteiger partial charge in [0.25, 0.3) is 0 Å². The van der Waals surface area contributed by atoms with E-state index in [1.807, 2.05) is 62.4 Å². The summed E-state index contributed by atoms with van der Waals surface area (Å²) in [6.07, 6.45) is 1.15. The summed E-state index contributed by atoms with van der Waals surface area (Å²) < 4.78 is 11.3. The highest BCUT2D eigenvalue weighted by Gasteiger charge is 2.04. The molecular formula is C22H28N2O3. The van der Waals surface area contributed by atoms with Gasteiger partial charge in [-0.05, 0) is 74.4 Å². The lowest BCUT2D eigenvalue weighted by molar-refractivity contribution is -0.114. The molecule has 0 radical (unpaired) electrons. The number of benzene rings is 2. The first-order valence-corrected chi connectivity index (χ1v) is 9.14. The first-order chi connectivity index (χ1) is 13.0. The summed E-state index contributed by atoms with van der Waals surface area (Å²) in [4.78, 5) is 12.1. The SMILES string of the molecule is C=C(C)COc1ccc(NC(=O)CNc2ccc(OC(C)CC)cc2)cc1. The number of hydrogen-bond acceptors (Lipinski definition) is 4. The second kappa shape index (κ2) is 10.3. The van der Waals surface area contributed by atoms with Crippen molar-refractivity contribution in [2.45, 2.75) is 33.3 Å². The normalized spacial score (nSPS) is 11.4. The van der Waals surface area contributed by atoms with Gasteiger partial charge in [0.1, 0.15) is 18.1 Å². The average molecular weight is 368 g/mol. The van der Waals surface area contributed by atoms with Crippen molar-refractivity contribution in [3.05, 3.63) is 60.7 Å². The molecule has 0 bridgehead atoms. The zero-order valence-corrected chi connectivity index (χ0v) is 16.2.